The Morgan fingerprint density at radius 3 is 2.30 bits per heavy atom. The lowest BCUT2D eigenvalue weighted by Crippen LogP contribution is -2.25. The molecule has 40 heavy (non-hydrogen) atoms. The summed E-state index contributed by atoms with van der Waals surface area (Å²) in [5, 5.41) is 0. The third-order valence-corrected chi connectivity index (χ3v) is 8.58. The number of halogens is 3. The monoisotopic (exact) mass is 550 g/mol. The van der Waals surface area contributed by atoms with E-state index in [-0.39, 0.29) is 17.8 Å². The van der Waals surface area contributed by atoms with Gasteiger partial charge in [0.2, 0.25) is 0 Å². The first-order chi connectivity index (χ1) is 19.5. The van der Waals surface area contributed by atoms with Gasteiger partial charge in [-0.2, -0.15) is 0 Å². The Bertz CT molecular complexity index is 1190. The summed E-state index contributed by atoms with van der Waals surface area (Å²) in [5.74, 6) is -1.58. The molecule has 0 N–H and O–H groups in total. The highest BCUT2D eigenvalue weighted by Crippen LogP contribution is 2.36. The largest absolute Gasteiger partial charge is 0.378 e. The molecule has 0 radical (unpaired) electrons. The maximum atomic E-state index is 15.1. The first-order valence-electron chi connectivity index (χ1n) is 15.4. The minimum absolute atomic E-state index is 0.0764. The molecule has 2 aromatic rings. The van der Waals surface area contributed by atoms with Crippen LogP contribution in [0.25, 0.3) is 11.1 Å². The Hall–Kier alpha value is -2.59. The number of hydrogen-bond acceptors (Lipinski definition) is 1. The van der Waals surface area contributed by atoms with Gasteiger partial charge in [-0.15, -0.1) is 6.58 Å². The quantitative estimate of drug-likeness (QED) is 0.168. The van der Waals surface area contributed by atoms with Crippen LogP contribution in [-0.4, -0.2) is 12.7 Å². The molecule has 2 atom stereocenters. The number of aryl methyl sites for hydroxylation is 1. The van der Waals surface area contributed by atoms with Gasteiger partial charge in [0.25, 0.3) is 0 Å². The third kappa shape index (κ3) is 8.00. The van der Waals surface area contributed by atoms with Crippen LogP contribution in [0.2, 0.25) is 0 Å². The Balaban J connectivity index is 1.35. The van der Waals surface area contributed by atoms with E-state index in [0.29, 0.717) is 42.6 Å². The first kappa shape index (κ1) is 30.4. The van der Waals surface area contributed by atoms with Crippen LogP contribution in [0.5, 0.6) is 0 Å². The molecule has 216 valence electrons. The van der Waals surface area contributed by atoms with Gasteiger partial charge in [0.15, 0.2) is 11.6 Å². The van der Waals surface area contributed by atoms with Crippen LogP contribution < -0.4 is 0 Å². The van der Waals surface area contributed by atoms with Crippen molar-refractivity contribution in [2.24, 2.45) is 0 Å². The number of allylic oxidation sites excluding steroid dienone is 5. The summed E-state index contributed by atoms with van der Waals surface area (Å²) in [6.07, 6.45) is 19.6. The number of unbranched alkanes of at least 4 members (excludes halogenated alkanes) is 6. The van der Waals surface area contributed by atoms with Gasteiger partial charge in [-0.05, 0) is 85.3 Å². The van der Waals surface area contributed by atoms with E-state index in [2.05, 4.69) is 13.5 Å². The second-order valence-electron chi connectivity index (χ2n) is 11.5. The van der Waals surface area contributed by atoms with E-state index in [1.54, 1.807) is 18.2 Å². The smallest absolute Gasteiger partial charge is 0.166 e. The molecule has 2 aromatic carbocycles. The SMILES string of the molecule is C=CCCC1CCC(c2ccc(C3=CC=C(c4ccc(CCCCCCCCC)c(F)c4F)CC3)cc2F)CO1. The zero-order chi connectivity index (χ0) is 28.3. The summed E-state index contributed by atoms with van der Waals surface area (Å²) in [4.78, 5) is 0. The number of hydrogen-bond donors (Lipinski definition) is 0. The third-order valence-electron chi connectivity index (χ3n) is 8.58. The zero-order valence-corrected chi connectivity index (χ0v) is 24.1. The van der Waals surface area contributed by atoms with E-state index in [0.717, 1.165) is 61.7 Å². The van der Waals surface area contributed by atoms with E-state index in [4.69, 9.17) is 4.74 Å². The van der Waals surface area contributed by atoms with E-state index in [9.17, 15) is 4.39 Å². The molecule has 1 saturated heterocycles. The average molecular weight is 551 g/mol. The van der Waals surface area contributed by atoms with E-state index < -0.39 is 11.6 Å². The maximum absolute atomic E-state index is 15.1. The molecule has 0 spiro atoms. The lowest BCUT2D eigenvalue weighted by molar-refractivity contribution is -0.000788. The lowest BCUT2D eigenvalue weighted by atomic mass is 9.86. The van der Waals surface area contributed by atoms with Gasteiger partial charge in [-0.25, -0.2) is 13.2 Å². The van der Waals surface area contributed by atoms with Crippen LogP contribution in [0.1, 0.15) is 119 Å². The van der Waals surface area contributed by atoms with Gasteiger partial charge in [-0.1, -0.05) is 87.9 Å². The molecule has 0 bridgehead atoms. The van der Waals surface area contributed by atoms with E-state index in [1.807, 2.05) is 30.4 Å². The van der Waals surface area contributed by atoms with Crippen LogP contribution in [-0.2, 0) is 11.2 Å². The normalized spacial score (nSPS) is 19.3. The van der Waals surface area contributed by atoms with Crippen molar-refractivity contribution in [2.45, 2.75) is 109 Å². The standard InChI is InChI=1S/C36H45F3O/c1-3-5-7-8-9-10-11-12-28-19-23-33(36(39)35(28)38)27-16-14-26(15-17-27)29-20-22-32(34(37)24-29)30-18-21-31(40-25-30)13-6-4-2/h4,14,16,19-20,22-24,30-31H,2-3,5-13,15,17-18,21,25H2,1H3. The summed E-state index contributed by atoms with van der Waals surface area (Å²) in [7, 11) is 0. The van der Waals surface area contributed by atoms with Crippen LogP contribution in [0.3, 0.4) is 0 Å². The van der Waals surface area contributed by atoms with E-state index >= 15 is 8.78 Å². The van der Waals surface area contributed by atoms with Crippen LogP contribution in [0.15, 0.2) is 55.1 Å². The predicted octanol–water partition coefficient (Wildman–Crippen LogP) is 10.9. The van der Waals surface area contributed by atoms with Crippen molar-refractivity contribution in [2.75, 3.05) is 6.61 Å². The van der Waals surface area contributed by atoms with Crippen molar-refractivity contribution in [1.82, 2.24) is 0 Å². The van der Waals surface area contributed by atoms with Gasteiger partial charge in [0, 0.05) is 11.5 Å². The molecule has 4 rings (SSSR count). The van der Waals surface area contributed by atoms with Crippen LogP contribution in [0.4, 0.5) is 13.2 Å². The molecule has 0 saturated carbocycles. The van der Waals surface area contributed by atoms with Crippen molar-refractivity contribution in [3.05, 3.63) is 94.8 Å². The topological polar surface area (TPSA) is 9.23 Å². The van der Waals surface area contributed by atoms with Crippen LogP contribution in [0, 0.1) is 17.5 Å². The highest BCUT2D eigenvalue weighted by atomic mass is 19.2. The van der Waals surface area contributed by atoms with Crippen molar-refractivity contribution in [3.63, 3.8) is 0 Å². The molecule has 1 nitrogen and oxygen atoms in total. The fourth-order valence-corrected chi connectivity index (χ4v) is 6.05. The second kappa shape index (κ2) is 15.4. The zero-order valence-electron chi connectivity index (χ0n) is 24.1. The molecule has 0 amide bonds. The average Bonchev–Trinajstić information content (AvgIpc) is 2.98. The Labute approximate surface area is 239 Å². The van der Waals surface area contributed by atoms with Gasteiger partial charge < -0.3 is 4.74 Å². The molecule has 1 fully saturated rings. The predicted molar refractivity (Wildman–Crippen MR) is 161 cm³/mol. The van der Waals surface area contributed by atoms with Gasteiger partial charge >= 0.3 is 0 Å². The minimum atomic E-state index is -0.750. The number of rotatable bonds is 14. The maximum Gasteiger partial charge on any atom is 0.166 e. The van der Waals surface area contributed by atoms with E-state index in [1.165, 1.54) is 25.7 Å². The summed E-state index contributed by atoms with van der Waals surface area (Å²) in [6, 6.07) is 8.95. The molecule has 1 aliphatic carbocycles. The highest BCUT2D eigenvalue weighted by molar-refractivity contribution is 5.78. The molecule has 2 unspecified atom stereocenters. The Morgan fingerprint density at radius 2 is 1.62 bits per heavy atom. The molecule has 1 heterocycles. The number of ether oxygens (including phenoxy) is 1. The first-order valence-corrected chi connectivity index (χ1v) is 15.4. The fraction of sp³-hybridized carbons (Fsp3) is 0.500. The fourth-order valence-electron chi connectivity index (χ4n) is 6.05. The van der Waals surface area contributed by atoms with Crippen molar-refractivity contribution < 1.29 is 17.9 Å². The molecular weight excluding hydrogens is 505 g/mol. The van der Waals surface area contributed by atoms with Crippen LogP contribution >= 0.6 is 0 Å². The van der Waals surface area contributed by atoms with Crippen molar-refractivity contribution in [1.29, 1.82) is 0 Å². The molecule has 2 aliphatic rings. The Morgan fingerprint density at radius 1 is 0.875 bits per heavy atom. The lowest BCUT2D eigenvalue weighted by Gasteiger charge is -2.29. The van der Waals surface area contributed by atoms with Gasteiger partial charge in [-0.3, -0.25) is 0 Å². The molecule has 1 aliphatic heterocycles. The molecule has 4 heteroatoms. The summed E-state index contributed by atoms with van der Waals surface area (Å²) in [6.45, 7) is 6.52. The Kier molecular flexibility index (Phi) is 11.7. The van der Waals surface area contributed by atoms with Crippen molar-refractivity contribution >= 4 is 11.1 Å². The second-order valence-corrected chi connectivity index (χ2v) is 11.5. The highest BCUT2D eigenvalue weighted by Gasteiger charge is 2.25. The van der Waals surface area contributed by atoms with Crippen molar-refractivity contribution in [3.8, 4) is 0 Å². The molecule has 0 aromatic heterocycles. The van der Waals surface area contributed by atoms with Gasteiger partial charge in [0.1, 0.15) is 5.82 Å². The molecular formula is C36H45F3O. The summed E-state index contributed by atoms with van der Waals surface area (Å²) < 4.78 is 51.0. The minimum Gasteiger partial charge on any atom is -0.378 e. The number of benzene rings is 2. The van der Waals surface area contributed by atoms with Gasteiger partial charge in [0.05, 0.1) is 12.7 Å². The summed E-state index contributed by atoms with van der Waals surface area (Å²) in [5.41, 5.74) is 4.15. The summed E-state index contributed by atoms with van der Waals surface area (Å²) >= 11 is 0.